The number of benzene rings is 1. The number of thiophene rings is 1. The predicted molar refractivity (Wildman–Crippen MR) is 110 cm³/mol. The van der Waals surface area contributed by atoms with Crippen LogP contribution in [-0.2, 0) is 17.9 Å². The highest BCUT2D eigenvalue weighted by atomic mass is 32.1. The number of aromatic nitrogens is 3. The quantitative estimate of drug-likeness (QED) is 0.679. The van der Waals surface area contributed by atoms with E-state index < -0.39 is 0 Å². The van der Waals surface area contributed by atoms with Crippen LogP contribution in [0.3, 0.4) is 0 Å². The van der Waals surface area contributed by atoms with Crippen LogP contribution in [-0.4, -0.2) is 44.6 Å². The number of nitrogens with zero attached hydrogens (tertiary/aromatic N) is 4. The van der Waals surface area contributed by atoms with Crippen molar-refractivity contribution in [2.45, 2.75) is 25.9 Å². The average Bonchev–Trinajstić information content (AvgIpc) is 3.46. The Labute approximate surface area is 173 Å². The zero-order valence-corrected chi connectivity index (χ0v) is 16.8. The van der Waals surface area contributed by atoms with Gasteiger partial charge in [0, 0.05) is 19.6 Å². The fraction of sp³-hybridized carbons (Fsp3) is 0.333. The third-order valence-corrected chi connectivity index (χ3v) is 5.94. The first kappa shape index (κ1) is 19.3. The summed E-state index contributed by atoms with van der Waals surface area (Å²) in [5, 5.41) is 9.06. The molecule has 1 atom stereocenters. The second-order valence-electron chi connectivity index (χ2n) is 7.20. The molecule has 4 rings (SSSR count). The summed E-state index contributed by atoms with van der Waals surface area (Å²) in [7, 11) is 0. The maximum absolute atomic E-state index is 12.7. The van der Waals surface area contributed by atoms with Crippen LogP contribution in [0, 0.1) is 5.92 Å². The van der Waals surface area contributed by atoms with Crippen molar-refractivity contribution in [2.24, 2.45) is 5.92 Å². The molecule has 0 saturated carbocycles. The van der Waals surface area contributed by atoms with Crippen molar-refractivity contribution < 1.29 is 9.59 Å². The van der Waals surface area contributed by atoms with Crippen LogP contribution < -0.4 is 5.32 Å². The molecule has 0 bridgehead atoms. The van der Waals surface area contributed by atoms with E-state index in [4.69, 9.17) is 0 Å². The molecule has 29 heavy (non-hydrogen) atoms. The number of piperidine rings is 1. The van der Waals surface area contributed by atoms with Crippen LogP contribution in [0.25, 0.3) is 0 Å². The Morgan fingerprint density at radius 2 is 2.10 bits per heavy atom. The number of nitrogens with one attached hydrogen (secondary N) is 1. The van der Waals surface area contributed by atoms with Crippen molar-refractivity contribution in [2.75, 3.05) is 13.1 Å². The van der Waals surface area contributed by atoms with E-state index in [9.17, 15) is 9.59 Å². The van der Waals surface area contributed by atoms with E-state index in [0.29, 0.717) is 26.2 Å². The molecule has 2 aromatic heterocycles. The van der Waals surface area contributed by atoms with E-state index in [-0.39, 0.29) is 17.7 Å². The average molecular weight is 410 g/mol. The van der Waals surface area contributed by atoms with Gasteiger partial charge in [0.2, 0.25) is 5.91 Å². The van der Waals surface area contributed by atoms with Crippen LogP contribution in [0.1, 0.15) is 33.6 Å². The smallest absolute Gasteiger partial charge is 0.263 e. The molecular formula is C21H23N5O2S. The van der Waals surface area contributed by atoms with Crippen molar-refractivity contribution >= 4 is 23.2 Å². The Balaban J connectivity index is 1.32. The van der Waals surface area contributed by atoms with E-state index in [1.165, 1.54) is 17.7 Å². The lowest BCUT2D eigenvalue weighted by atomic mass is 9.97. The SMILES string of the molecule is O=C(NCc1cccc(Cn2cncn2)c1)C1CCCN(C(=O)c2cccs2)C1. The second-order valence-corrected chi connectivity index (χ2v) is 8.15. The number of carbonyl (C=O) groups excluding carboxylic acids is 2. The zero-order valence-electron chi connectivity index (χ0n) is 16.0. The van der Waals surface area contributed by atoms with Crippen molar-refractivity contribution in [1.82, 2.24) is 25.0 Å². The molecule has 1 saturated heterocycles. The number of carbonyl (C=O) groups is 2. The normalized spacial score (nSPS) is 16.6. The Kier molecular flexibility index (Phi) is 6.00. The number of rotatable bonds is 6. The van der Waals surface area contributed by atoms with Gasteiger partial charge in [0.1, 0.15) is 12.7 Å². The fourth-order valence-corrected chi connectivity index (χ4v) is 4.30. The number of hydrogen-bond donors (Lipinski definition) is 1. The molecule has 1 aliphatic rings. The molecular weight excluding hydrogens is 386 g/mol. The summed E-state index contributed by atoms with van der Waals surface area (Å²) in [6.07, 6.45) is 4.86. The van der Waals surface area contributed by atoms with Gasteiger partial charge < -0.3 is 10.2 Å². The highest BCUT2D eigenvalue weighted by Crippen LogP contribution is 2.21. The molecule has 3 aromatic rings. The van der Waals surface area contributed by atoms with Crippen LogP contribution in [0.2, 0.25) is 0 Å². The van der Waals surface area contributed by atoms with Crippen LogP contribution in [0.4, 0.5) is 0 Å². The Morgan fingerprint density at radius 3 is 2.90 bits per heavy atom. The number of likely N-dealkylation sites (tertiary alicyclic amines) is 1. The second kappa shape index (κ2) is 9.00. The van der Waals surface area contributed by atoms with E-state index in [1.54, 1.807) is 15.9 Å². The molecule has 3 heterocycles. The van der Waals surface area contributed by atoms with Gasteiger partial charge in [0.15, 0.2) is 0 Å². The molecule has 1 aliphatic heterocycles. The van der Waals surface area contributed by atoms with Gasteiger partial charge >= 0.3 is 0 Å². The maximum Gasteiger partial charge on any atom is 0.263 e. The van der Waals surface area contributed by atoms with E-state index >= 15 is 0 Å². The van der Waals surface area contributed by atoms with Crippen LogP contribution >= 0.6 is 11.3 Å². The van der Waals surface area contributed by atoms with Gasteiger partial charge in [-0.15, -0.1) is 11.3 Å². The van der Waals surface area contributed by atoms with Gasteiger partial charge in [0.25, 0.3) is 5.91 Å². The fourth-order valence-electron chi connectivity index (χ4n) is 3.60. The van der Waals surface area contributed by atoms with E-state index in [1.807, 2.05) is 35.7 Å². The lowest BCUT2D eigenvalue weighted by molar-refractivity contribution is -0.126. The third kappa shape index (κ3) is 4.89. The lowest BCUT2D eigenvalue weighted by Crippen LogP contribution is -2.45. The predicted octanol–water partition coefficient (Wildman–Crippen LogP) is 2.56. The molecule has 7 nitrogen and oxygen atoms in total. The molecule has 2 amide bonds. The van der Waals surface area contributed by atoms with Gasteiger partial charge in [-0.05, 0) is 35.4 Å². The highest BCUT2D eigenvalue weighted by molar-refractivity contribution is 7.12. The molecule has 1 N–H and O–H groups in total. The Hall–Kier alpha value is -3.00. The molecule has 1 fully saturated rings. The van der Waals surface area contributed by atoms with Gasteiger partial charge in [-0.2, -0.15) is 5.10 Å². The summed E-state index contributed by atoms with van der Waals surface area (Å²) in [6, 6.07) is 11.8. The maximum atomic E-state index is 12.7. The summed E-state index contributed by atoms with van der Waals surface area (Å²) in [4.78, 5) is 31.8. The minimum atomic E-state index is -0.161. The van der Waals surface area contributed by atoms with Crippen LogP contribution in [0.5, 0.6) is 0 Å². The molecule has 0 radical (unpaired) electrons. The standard InChI is InChI=1S/C21H23N5O2S/c27-20(18-6-2-8-25(13-18)21(28)19-7-3-9-29-19)23-11-16-4-1-5-17(10-16)12-26-15-22-14-24-26/h1,3-5,7,9-10,14-15,18H,2,6,8,11-13H2,(H,23,27). The topological polar surface area (TPSA) is 80.1 Å². The molecule has 1 aromatic carbocycles. The Morgan fingerprint density at radius 1 is 1.21 bits per heavy atom. The zero-order chi connectivity index (χ0) is 20.1. The van der Waals surface area contributed by atoms with Gasteiger partial charge in [0.05, 0.1) is 17.3 Å². The van der Waals surface area contributed by atoms with Crippen molar-refractivity contribution in [1.29, 1.82) is 0 Å². The summed E-state index contributed by atoms with van der Waals surface area (Å²) in [6.45, 7) is 2.31. The van der Waals surface area contributed by atoms with E-state index in [2.05, 4.69) is 21.5 Å². The van der Waals surface area contributed by atoms with E-state index in [0.717, 1.165) is 28.8 Å². The van der Waals surface area contributed by atoms with Crippen molar-refractivity contribution in [3.8, 4) is 0 Å². The first-order chi connectivity index (χ1) is 14.2. The number of amides is 2. The Bertz CT molecular complexity index is 955. The minimum Gasteiger partial charge on any atom is -0.352 e. The third-order valence-electron chi connectivity index (χ3n) is 5.08. The summed E-state index contributed by atoms with van der Waals surface area (Å²) in [5.41, 5.74) is 2.14. The highest BCUT2D eigenvalue weighted by Gasteiger charge is 2.29. The lowest BCUT2D eigenvalue weighted by Gasteiger charge is -2.31. The van der Waals surface area contributed by atoms with Gasteiger partial charge in [-0.25, -0.2) is 9.67 Å². The monoisotopic (exact) mass is 409 g/mol. The molecule has 0 aliphatic carbocycles. The van der Waals surface area contributed by atoms with Gasteiger partial charge in [-0.1, -0.05) is 30.3 Å². The van der Waals surface area contributed by atoms with Crippen molar-refractivity contribution in [3.05, 3.63) is 70.4 Å². The molecule has 1 unspecified atom stereocenters. The summed E-state index contributed by atoms with van der Waals surface area (Å²) in [5.74, 6) is -0.125. The minimum absolute atomic E-state index is 0.00959. The summed E-state index contributed by atoms with van der Waals surface area (Å²) >= 11 is 1.44. The first-order valence-corrected chi connectivity index (χ1v) is 10.6. The largest absolute Gasteiger partial charge is 0.352 e. The number of hydrogen-bond acceptors (Lipinski definition) is 5. The molecule has 8 heteroatoms. The van der Waals surface area contributed by atoms with Crippen molar-refractivity contribution in [3.63, 3.8) is 0 Å². The molecule has 150 valence electrons. The van der Waals surface area contributed by atoms with Gasteiger partial charge in [-0.3, -0.25) is 9.59 Å². The molecule has 0 spiro atoms. The van der Waals surface area contributed by atoms with Crippen LogP contribution in [0.15, 0.2) is 54.4 Å². The first-order valence-electron chi connectivity index (χ1n) is 9.70. The summed E-state index contributed by atoms with van der Waals surface area (Å²) < 4.78 is 1.76.